The second-order valence-corrected chi connectivity index (χ2v) is 8.56. The van der Waals surface area contributed by atoms with Gasteiger partial charge in [0.25, 0.3) is 0 Å². The van der Waals surface area contributed by atoms with Crippen molar-refractivity contribution in [3.05, 3.63) is 33.1 Å². The maximum absolute atomic E-state index is 6.37. The molecule has 0 unspecified atom stereocenters. The van der Waals surface area contributed by atoms with Gasteiger partial charge in [-0.05, 0) is 50.3 Å². The fourth-order valence-electron chi connectivity index (χ4n) is 2.73. The zero-order chi connectivity index (χ0) is 17.8. The van der Waals surface area contributed by atoms with Crippen molar-refractivity contribution in [2.45, 2.75) is 33.1 Å². The van der Waals surface area contributed by atoms with Gasteiger partial charge in [-0.1, -0.05) is 30.1 Å². The number of benzene rings is 1. The molecule has 2 aromatic rings. The van der Waals surface area contributed by atoms with Crippen molar-refractivity contribution in [2.24, 2.45) is 5.92 Å². The number of rotatable bonds is 9. The predicted octanol–water partition coefficient (Wildman–Crippen LogP) is 6.07. The van der Waals surface area contributed by atoms with Gasteiger partial charge in [0, 0.05) is 35.2 Å². The van der Waals surface area contributed by atoms with Crippen molar-refractivity contribution >= 4 is 39.7 Å². The van der Waals surface area contributed by atoms with Crippen LogP contribution in [0.25, 0.3) is 11.3 Å². The van der Waals surface area contributed by atoms with Crippen molar-refractivity contribution in [2.75, 3.05) is 31.2 Å². The van der Waals surface area contributed by atoms with Gasteiger partial charge in [0.15, 0.2) is 5.13 Å². The third-order valence-electron chi connectivity index (χ3n) is 4.29. The molecule has 1 aromatic carbocycles. The molecule has 0 saturated heterocycles. The van der Waals surface area contributed by atoms with Gasteiger partial charge >= 0.3 is 0 Å². The highest BCUT2D eigenvalue weighted by molar-refractivity contribution is 7.16. The van der Waals surface area contributed by atoms with E-state index < -0.39 is 0 Å². The highest BCUT2D eigenvalue weighted by Gasteiger charge is 2.21. The molecule has 1 saturated carbocycles. The molecule has 0 amide bonds. The van der Waals surface area contributed by atoms with Crippen molar-refractivity contribution in [3.63, 3.8) is 0 Å². The standard InChI is InChI=1S/C19H24Cl2N2OS/c1-3-8-23(9-10-24-12-14-4-5-14)19-22-18(13(2)25-19)16-7-6-15(20)11-17(16)21/h6-7,11,14H,3-5,8-10,12H2,1-2H3. The smallest absolute Gasteiger partial charge is 0.186 e. The van der Waals surface area contributed by atoms with E-state index in [-0.39, 0.29) is 0 Å². The lowest BCUT2D eigenvalue weighted by Crippen LogP contribution is -2.28. The van der Waals surface area contributed by atoms with E-state index in [4.69, 9.17) is 32.9 Å². The SMILES string of the molecule is CCCN(CCOCC1CC1)c1nc(-c2ccc(Cl)cc2Cl)c(C)s1. The molecule has 1 aliphatic rings. The summed E-state index contributed by atoms with van der Waals surface area (Å²) in [6, 6.07) is 5.57. The van der Waals surface area contributed by atoms with Crippen molar-refractivity contribution in [1.29, 1.82) is 0 Å². The van der Waals surface area contributed by atoms with E-state index in [0.717, 1.165) is 55.0 Å². The normalized spacial score (nSPS) is 14.1. The summed E-state index contributed by atoms with van der Waals surface area (Å²) in [5.74, 6) is 0.806. The van der Waals surface area contributed by atoms with Gasteiger partial charge in [-0.3, -0.25) is 0 Å². The average molecular weight is 399 g/mol. The van der Waals surface area contributed by atoms with Gasteiger partial charge in [-0.15, -0.1) is 11.3 Å². The van der Waals surface area contributed by atoms with E-state index in [2.05, 4.69) is 18.7 Å². The van der Waals surface area contributed by atoms with E-state index in [1.165, 1.54) is 17.7 Å². The van der Waals surface area contributed by atoms with Gasteiger partial charge in [-0.2, -0.15) is 0 Å². The van der Waals surface area contributed by atoms with E-state index >= 15 is 0 Å². The Labute approximate surface area is 163 Å². The van der Waals surface area contributed by atoms with Gasteiger partial charge in [0.2, 0.25) is 0 Å². The second-order valence-electron chi connectivity index (χ2n) is 6.53. The molecule has 0 spiro atoms. The first-order valence-electron chi connectivity index (χ1n) is 8.84. The first-order chi connectivity index (χ1) is 12.1. The Morgan fingerprint density at radius 3 is 2.76 bits per heavy atom. The van der Waals surface area contributed by atoms with Gasteiger partial charge < -0.3 is 9.64 Å². The van der Waals surface area contributed by atoms with Crippen molar-refractivity contribution < 1.29 is 4.74 Å². The molecule has 0 bridgehead atoms. The predicted molar refractivity (Wildman–Crippen MR) is 108 cm³/mol. The van der Waals surface area contributed by atoms with Crippen LogP contribution in [0.3, 0.4) is 0 Å². The Bertz CT molecular complexity index is 715. The molecule has 1 aliphatic carbocycles. The van der Waals surface area contributed by atoms with Gasteiger partial charge in [-0.25, -0.2) is 4.98 Å². The second kappa shape index (κ2) is 8.72. The van der Waals surface area contributed by atoms with Crippen LogP contribution in [0.2, 0.25) is 10.0 Å². The molecule has 0 atom stereocenters. The molecular formula is C19H24Cl2N2OS. The fourth-order valence-corrected chi connectivity index (χ4v) is 4.20. The van der Waals surface area contributed by atoms with Crippen LogP contribution in [-0.4, -0.2) is 31.3 Å². The average Bonchev–Trinajstić information content (AvgIpc) is 3.32. The summed E-state index contributed by atoms with van der Waals surface area (Å²) in [5, 5.41) is 2.32. The molecular weight excluding hydrogens is 375 g/mol. The first kappa shape index (κ1) is 19.0. The lowest BCUT2D eigenvalue weighted by Gasteiger charge is -2.21. The maximum Gasteiger partial charge on any atom is 0.186 e. The summed E-state index contributed by atoms with van der Waals surface area (Å²) >= 11 is 14.1. The van der Waals surface area contributed by atoms with Crippen molar-refractivity contribution in [3.8, 4) is 11.3 Å². The van der Waals surface area contributed by atoms with Crippen LogP contribution in [0, 0.1) is 12.8 Å². The topological polar surface area (TPSA) is 25.4 Å². The number of ether oxygens (including phenoxy) is 1. The van der Waals surface area contributed by atoms with Gasteiger partial charge in [0.1, 0.15) is 0 Å². The highest BCUT2D eigenvalue weighted by atomic mass is 35.5. The van der Waals surface area contributed by atoms with Crippen LogP contribution in [0.1, 0.15) is 31.1 Å². The number of nitrogens with zero attached hydrogens (tertiary/aromatic N) is 2. The Balaban J connectivity index is 1.72. The van der Waals surface area contributed by atoms with E-state index in [0.29, 0.717) is 10.0 Å². The largest absolute Gasteiger partial charge is 0.379 e. The molecule has 6 heteroatoms. The van der Waals surface area contributed by atoms with E-state index in [1.807, 2.05) is 12.1 Å². The van der Waals surface area contributed by atoms with Crippen LogP contribution in [0.5, 0.6) is 0 Å². The number of hydrogen-bond acceptors (Lipinski definition) is 4. The minimum Gasteiger partial charge on any atom is -0.379 e. The number of halogens is 2. The monoisotopic (exact) mass is 398 g/mol. The van der Waals surface area contributed by atoms with Crippen LogP contribution < -0.4 is 4.90 Å². The molecule has 0 aliphatic heterocycles. The molecule has 1 aromatic heterocycles. The fraction of sp³-hybridized carbons (Fsp3) is 0.526. The van der Waals surface area contributed by atoms with Crippen molar-refractivity contribution in [1.82, 2.24) is 4.98 Å². The van der Waals surface area contributed by atoms with Crippen LogP contribution in [-0.2, 0) is 4.74 Å². The Hall–Kier alpha value is -0.810. The summed E-state index contributed by atoms with van der Waals surface area (Å²) in [4.78, 5) is 8.36. The summed E-state index contributed by atoms with van der Waals surface area (Å²) < 4.78 is 5.81. The summed E-state index contributed by atoms with van der Waals surface area (Å²) in [6.07, 6.45) is 3.74. The number of thiazole rings is 1. The molecule has 3 nitrogen and oxygen atoms in total. The summed E-state index contributed by atoms with van der Waals surface area (Å²) in [6.45, 7) is 7.80. The lowest BCUT2D eigenvalue weighted by atomic mass is 10.1. The Morgan fingerprint density at radius 1 is 1.28 bits per heavy atom. The number of aryl methyl sites for hydroxylation is 1. The minimum absolute atomic E-state index is 0.641. The molecule has 25 heavy (non-hydrogen) atoms. The molecule has 1 fully saturated rings. The number of aromatic nitrogens is 1. The lowest BCUT2D eigenvalue weighted by molar-refractivity contribution is 0.130. The zero-order valence-corrected chi connectivity index (χ0v) is 17.1. The summed E-state index contributed by atoms with van der Waals surface area (Å²) in [7, 11) is 0. The summed E-state index contributed by atoms with van der Waals surface area (Å²) in [5.41, 5.74) is 1.88. The first-order valence-corrected chi connectivity index (χ1v) is 10.4. The van der Waals surface area contributed by atoms with Crippen LogP contribution >= 0.6 is 34.5 Å². The van der Waals surface area contributed by atoms with Gasteiger partial charge in [0.05, 0.1) is 17.3 Å². The zero-order valence-electron chi connectivity index (χ0n) is 14.7. The van der Waals surface area contributed by atoms with E-state index in [9.17, 15) is 0 Å². The Morgan fingerprint density at radius 2 is 2.08 bits per heavy atom. The quantitative estimate of drug-likeness (QED) is 0.479. The Kier molecular flexibility index (Phi) is 6.61. The molecule has 0 N–H and O–H groups in total. The molecule has 1 heterocycles. The molecule has 0 radical (unpaired) electrons. The van der Waals surface area contributed by atoms with E-state index in [1.54, 1.807) is 17.4 Å². The third kappa shape index (κ3) is 5.10. The molecule has 136 valence electrons. The third-order valence-corrected chi connectivity index (χ3v) is 5.87. The number of anilines is 1. The minimum atomic E-state index is 0.641. The highest BCUT2D eigenvalue weighted by Crippen LogP contribution is 2.37. The van der Waals surface area contributed by atoms with Crippen LogP contribution in [0.15, 0.2) is 18.2 Å². The molecule has 3 rings (SSSR count). The number of hydrogen-bond donors (Lipinski definition) is 0. The maximum atomic E-state index is 6.37. The van der Waals surface area contributed by atoms with Crippen LogP contribution in [0.4, 0.5) is 5.13 Å².